The molecule has 1 heterocycles. The van der Waals surface area contributed by atoms with Crippen LogP contribution >= 0.6 is 0 Å². The topological polar surface area (TPSA) is 21.3 Å². The lowest BCUT2D eigenvalue weighted by Crippen LogP contribution is -2.41. The third kappa shape index (κ3) is 3.58. The molecule has 2 unspecified atom stereocenters. The van der Waals surface area contributed by atoms with Crippen molar-refractivity contribution in [1.82, 2.24) is 5.32 Å². The van der Waals surface area contributed by atoms with Gasteiger partial charge in [0.2, 0.25) is 0 Å². The molecule has 2 atom stereocenters. The zero-order valence-electron chi connectivity index (χ0n) is 12.5. The Labute approximate surface area is 117 Å². The maximum atomic E-state index is 5.86. The fraction of sp³-hybridized carbons (Fsp3) is 0.647. The minimum atomic E-state index is 0.268. The van der Waals surface area contributed by atoms with E-state index in [1.54, 1.807) is 0 Å². The molecule has 1 aliphatic rings. The number of benzene rings is 1. The van der Waals surface area contributed by atoms with Crippen LogP contribution in [0, 0.1) is 12.3 Å². The Kier molecular flexibility index (Phi) is 5.00. The molecule has 1 fully saturated rings. The molecule has 0 bridgehead atoms. The van der Waals surface area contributed by atoms with Gasteiger partial charge in [-0.3, -0.25) is 0 Å². The van der Waals surface area contributed by atoms with Crippen molar-refractivity contribution in [2.24, 2.45) is 5.41 Å². The molecule has 0 saturated carbocycles. The number of rotatable bonds is 6. The smallest absolute Gasteiger partial charge is 0.0619 e. The van der Waals surface area contributed by atoms with Crippen LogP contribution in [0.1, 0.15) is 37.8 Å². The highest BCUT2D eigenvalue weighted by molar-refractivity contribution is 5.23. The molecule has 2 heteroatoms. The molecule has 0 aromatic heterocycles. The second-order valence-corrected chi connectivity index (χ2v) is 5.96. The zero-order valence-corrected chi connectivity index (χ0v) is 12.5. The second kappa shape index (κ2) is 6.53. The van der Waals surface area contributed by atoms with E-state index in [2.05, 4.69) is 50.4 Å². The van der Waals surface area contributed by atoms with Crippen molar-refractivity contribution < 1.29 is 4.74 Å². The van der Waals surface area contributed by atoms with Gasteiger partial charge < -0.3 is 10.1 Å². The summed E-state index contributed by atoms with van der Waals surface area (Å²) in [6, 6.07) is 8.95. The second-order valence-electron chi connectivity index (χ2n) is 5.96. The summed E-state index contributed by atoms with van der Waals surface area (Å²) in [4.78, 5) is 0. The molecule has 1 N–H and O–H groups in total. The Balaban J connectivity index is 2.07. The summed E-state index contributed by atoms with van der Waals surface area (Å²) in [5, 5.41) is 3.60. The van der Waals surface area contributed by atoms with E-state index in [9.17, 15) is 0 Å². The summed E-state index contributed by atoms with van der Waals surface area (Å²) in [6.07, 6.45) is 3.82. The number of nitrogens with one attached hydrogen (secondary N) is 1. The van der Waals surface area contributed by atoms with Crippen LogP contribution in [0.15, 0.2) is 24.3 Å². The first-order chi connectivity index (χ1) is 9.16. The third-order valence-corrected chi connectivity index (χ3v) is 4.41. The Morgan fingerprint density at radius 2 is 2.05 bits per heavy atom. The van der Waals surface area contributed by atoms with Crippen molar-refractivity contribution in [2.75, 3.05) is 19.7 Å². The predicted octanol–water partition coefficient (Wildman–Crippen LogP) is 3.33. The summed E-state index contributed by atoms with van der Waals surface area (Å²) in [5.41, 5.74) is 3.03. The van der Waals surface area contributed by atoms with E-state index in [4.69, 9.17) is 4.74 Å². The SMILES string of the molecule is CCCNCC1(Cc2ccc(C)cc2)CCOC1C. The first kappa shape index (κ1) is 14.5. The summed E-state index contributed by atoms with van der Waals surface area (Å²) in [5.74, 6) is 0. The fourth-order valence-electron chi connectivity index (χ4n) is 2.97. The summed E-state index contributed by atoms with van der Waals surface area (Å²) in [6.45, 7) is 9.66. The van der Waals surface area contributed by atoms with Crippen LogP contribution in [0.25, 0.3) is 0 Å². The average molecular weight is 261 g/mol. The van der Waals surface area contributed by atoms with Gasteiger partial charge in [0.05, 0.1) is 6.10 Å². The van der Waals surface area contributed by atoms with Crippen LogP contribution in [-0.4, -0.2) is 25.8 Å². The van der Waals surface area contributed by atoms with Crippen LogP contribution < -0.4 is 5.32 Å². The van der Waals surface area contributed by atoms with Crippen LogP contribution in [-0.2, 0) is 11.2 Å². The minimum absolute atomic E-state index is 0.268. The largest absolute Gasteiger partial charge is 0.378 e. The maximum Gasteiger partial charge on any atom is 0.0619 e. The van der Waals surface area contributed by atoms with Gasteiger partial charge in [0.1, 0.15) is 0 Å². The molecule has 0 spiro atoms. The lowest BCUT2D eigenvalue weighted by molar-refractivity contribution is 0.0631. The van der Waals surface area contributed by atoms with Gasteiger partial charge in [-0.1, -0.05) is 36.8 Å². The van der Waals surface area contributed by atoms with Crippen molar-refractivity contribution >= 4 is 0 Å². The molecule has 2 nitrogen and oxygen atoms in total. The van der Waals surface area contributed by atoms with Crippen molar-refractivity contribution in [2.45, 2.75) is 46.1 Å². The molecule has 1 aliphatic heterocycles. The van der Waals surface area contributed by atoms with Crippen LogP contribution in [0.2, 0.25) is 0 Å². The van der Waals surface area contributed by atoms with E-state index >= 15 is 0 Å². The van der Waals surface area contributed by atoms with Crippen molar-refractivity contribution in [3.8, 4) is 0 Å². The Bertz CT molecular complexity index is 387. The molecule has 1 aromatic carbocycles. The van der Waals surface area contributed by atoms with Crippen LogP contribution in [0.3, 0.4) is 0 Å². The van der Waals surface area contributed by atoms with Gasteiger partial charge in [-0.05, 0) is 45.2 Å². The van der Waals surface area contributed by atoms with Crippen molar-refractivity contribution in [3.05, 3.63) is 35.4 Å². The lowest BCUT2D eigenvalue weighted by Gasteiger charge is -2.33. The molecule has 0 aliphatic carbocycles. The van der Waals surface area contributed by atoms with Gasteiger partial charge in [0.15, 0.2) is 0 Å². The first-order valence-electron chi connectivity index (χ1n) is 7.54. The highest BCUT2D eigenvalue weighted by atomic mass is 16.5. The molecular weight excluding hydrogens is 234 g/mol. The van der Waals surface area contributed by atoms with E-state index < -0.39 is 0 Å². The van der Waals surface area contributed by atoms with Gasteiger partial charge >= 0.3 is 0 Å². The standard InChI is InChI=1S/C17H27NO/c1-4-10-18-13-17(9-11-19-15(17)3)12-16-7-5-14(2)6-8-16/h5-8,15,18H,4,9-13H2,1-3H3. The average Bonchev–Trinajstić information content (AvgIpc) is 2.75. The molecule has 2 rings (SSSR count). The summed E-state index contributed by atoms with van der Waals surface area (Å²) in [7, 11) is 0. The number of ether oxygens (including phenoxy) is 1. The van der Waals surface area contributed by atoms with Crippen LogP contribution in [0.4, 0.5) is 0 Å². The quantitative estimate of drug-likeness (QED) is 0.793. The number of aryl methyl sites for hydroxylation is 1. The highest BCUT2D eigenvalue weighted by Crippen LogP contribution is 2.37. The molecule has 0 amide bonds. The van der Waals surface area contributed by atoms with E-state index in [-0.39, 0.29) is 5.41 Å². The van der Waals surface area contributed by atoms with Crippen LogP contribution in [0.5, 0.6) is 0 Å². The number of hydrogen-bond donors (Lipinski definition) is 1. The Morgan fingerprint density at radius 1 is 1.32 bits per heavy atom. The maximum absolute atomic E-state index is 5.86. The monoisotopic (exact) mass is 261 g/mol. The van der Waals surface area contributed by atoms with Gasteiger partial charge in [-0.25, -0.2) is 0 Å². The predicted molar refractivity (Wildman–Crippen MR) is 80.5 cm³/mol. The van der Waals surface area contributed by atoms with Crippen molar-refractivity contribution in [1.29, 1.82) is 0 Å². The Morgan fingerprint density at radius 3 is 2.63 bits per heavy atom. The fourth-order valence-corrected chi connectivity index (χ4v) is 2.97. The molecule has 106 valence electrons. The van der Waals surface area contributed by atoms with Gasteiger partial charge in [-0.15, -0.1) is 0 Å². The van der Waals surface area contributed by atoms with Gasteiger partial charge in [-0.2, -0.15) is 0 Å². The molecule has 1 saturated heterocycles. The molecule has 19 heavy (non-hydrogen) atoms. The zero-order chi connectivity index (χ0) is 13.7. The Hall–Kier alpha value is -0.860. The van der Waals surface area contributed by atoms with Gasteiger partial charge in [0.25, 0.3) is 0 Å². The van der Waals surface area contributed by atoms with E-state index in [1.807, 2.05) is 0 Å². The van der Waals surface area contributed by atoms with E-state index in [1.165, 1.54) is 24.0 Å². The van der Waals surface area contributed by atoms with Gasteiger partial charge in [0, 0.05) is 18.6 Å². The summed E-state index contributed by atoms with van der Waals surface area (Å²) < 4.78 is 5.86. The minimum Gasteiger partial charge on any atom is -0.378 e. The van der Waals surface area contributed by atoms with Crippen molar-refractivity contribution in [3.63, 3.8) is 0 Å². The molecule has 1 aromatic rings. The summed E-state index contributed by atoms with van der Waals surface area (Å²) >= 11 is 0. The third-order valence-electron chi connectivity index (χ3n) is 4.41. The first-order valence-corrected chi connectivity index (χ1v) is 7.54. The van der Waals surface area contributed by atoms with E-state index in [0.717, 1.165) is 26.1 Å². The lowest BCUT2D eigenvalue weighted by atomic mass is 9.76. The molecule has 0 radical (unpaired) electrons. The molecular formula is C17H27NO. The van der Waals surface area contributed by atoms with E-state index in [0.29, 0.717) is 6.10 Å². The highest BCUT2D eigenvalue weighted by Gasteiger charge is 2.40. The number of hydrogen-bond acceptors (Lipinski definition) is 2. The normalized spacial score (nSPS) is 26.8.